The summed E-state index contributed by atoms with van der Waals surface area (Å²) in [6, 6.07) is 28.8. The maximum absolute atomic E-state index is 14.6. The van der Waals surface area contributed by atoms with E-state index >= 15 is 0 Å². The van der Waals surface area contributed by atoms with Gasteiger partial charge in [-0.05, 0) is 174 Å². The highest BCUT2D eigenvalue weighted by Crippen LogP contribution is 2.59. The number of amides is 3. The smallest absolute Gasteiger partial charge is 0.326 e. The number of rotatable bonds is 12. The van der Waals surface area contributed by atoms with Crippen LogP contribution in [0.4, 0.5) is 8.78 Å². The number of carboxylic acid groups (broad SMARTS) is 1. The molecule has 8 aliphatic rings. The highest BCUT2D eigenvalue weighted by atomic mass is 35.5. The number of piperazine rings is 2. The fourth-order valence-corrected chi connectivity index (χ4v) is 17.3. The van der Waals surface area contributed by atoms with Gasteiger partial charge in [0.05, 0.1) is 24.2 Å². The molecule has 0 bridgehead atoms. The Kier molecular flexibility index (Phi) is 21.4. The highest BCUT2D eigenvalue weighted by molar-refractivity contribution is 8.18. The normalized spacial score (nSPS) is 28.3. The molecule has 4 aromatic carbocycles. The number of carbonyl (C=O) groups is 4. The van der Waals surface area contributed by atoms with Gasteiger partial charge in [0.2, 0.25) is 5.91 Å². The second-order valence-electron chi connectivity index (χ2n) is 25.9. The number of allylic oxidation sites excluding steroid dienone is 2. The van der Waals surface area contributed by atoms with Gasteiger partial charge in [-0.15, -0.1) is 0 Å². The Balaban J connectivity index is 0.000000178. The summed E-state index contributed by atoms with van der Waals surface area (Å²) in [5.41, 5.74) is 4.54. The molecule has 488 valence electrons. The van der Waals surface area contributed by atoms with Crippen molar-refractivity contribution in [2.75, 3.05) is 66.7 Å². The van der Waals surface area contributed by atoms with Crippen molar-refractivity contribution in [3.63, 3.8) is 0 Å². The first kappa shape index (κ1) is 68.6. The lowest BCUT2D eigenvalue weighted by molar-refractivity contribution is -0.147. The second-order valence-corrected chi connectivity index (χ2v) is 29.6. The average Bonchev–Trinajstić information content (AvgIpc) is 1.57. The summed E-state index contributed by atoms with van der Waals surface area (Å²) in [5.74, 6) is -1.40. The SMILES string of the molecule is CC(C)C1=C(C(=O)N2[C@H](C)CC[C@H]2C(=O)N2CCN(C)[C@H](CF)C2)SC2=N[C@@](C)(c3ccc(Cl)cc3)[C@@H](c3ccc(Cl)cc3)N21.CC(C)C1=C(C(=O)N2[C@H](C)CC[C@H]2C(=O)O)SC2=N[C@@](C)(c3ccc(Cl)cc3)[C@@H](c3ccc(Cl)cc3)N21.CN1CCNC[C@H]1CF. The van der Waals surface area contributed by atoms with Gasteiger partial charge in [0.25, 0.3) is 11.8 Å². The van der Waals surface area contributed by atoms with E-state index in [4.69, 9.17) is 56.4 Å². The molecule has 8 heterocycles. The van der Waals surface area contributed by atoms with E-state index in [0.29, 0.717) is 68.8 Å². The third kappa shape index (κ3) is 13.6. The van der Waals surface area contributed by atoms with Gasteiger partial charge in [0.1, 0.15) is 46.3 Å². The first-order chi connectivity index (χ1) is 43.3. The molecule has 0 aromatic heterocycles. The summed E-state index contributed by atoms with van der Waals surface area (Å²) in [6.45, 7) is 20.0. The van der Waals surface area contributed by atoms with Crippen LogP contribution >= 0.6 is 69.9 Å². The molecule has 0 aliphatic carbocycles. The molecule has 2 N–H and O–H groups in total. The van der Waals surface area contributed by atoms with Crippen molar-refractivity contribution in [2.24, 2.45) is 21.8 Å². The third-order valence-corrected chi connectivity index (χ3v) is 22.3. The monoisotopic (exact) mass is 1360 g/mol. The van der Waals surface area contributed by atoms with Crippen molar-refractivity contribution >= 4 is 104 Å². The number of hydrogen-bond donors (Lipinski definition) is 2. The Morgan fingerprint density at radius 1 is 0.593 bits per heavy atom. The number of thioether (sulfide) groups is 2. The lowest BCUT2D eigenvalue weighted by Crippen LogP contribution is -2.58. The zero-order valence-corrected chi connectivity index (χ0v) is 57.8. The minimum Gasteiger partial charge on any atom is -0.480 e. The van der Waals surface area contributed by atoms with Crippen LogP contribution in [0.2, 0.25) is 20.1 Å². The van der Waals surface area contributed by atoms with Crippen LogP contribution in [0.15, 0.2) is 128 Å². The zero-order valence-electron chi connectivity index (χ0n) is 53.2. The third-order valence-electron chi connectivity index (χ3n) is 19.2. The predicted molar refractivity (Wildman–Crippen MR) is 364 cm³/mol. The molecule has 3 amide bonds. The van der Waals surface area contributed by atoms with Gasteiger partial charge in [0, 0.05) is 82.8 Å². The number of nitrogens with one attached hydrogen (secondary N) is 1. The van der Waals surface area contributed by atoms with Crippen molar-refractivity contribution in [3.05, 3.63) is 161 Å². The minimum atomic E-state index is -0.959. The Hall–Kier alpha value is -5.22. The van der Waals surface area contributed by atoms with Gasteiger partial charge in [-0.25, -0.2) is 23.6 Å². The standard InChI is InChI=1S/C34H40Cl2FN5O2S.C28H29Cl2N3O3S.C6H13FN2/c1-20(2)28-29(32(44)41-21(3)6-15-27(41)31(43)40-17-16-39(5)26(18-37)19-40)45-33-38-34(4,23-9-13-25(36)14-10-23)30(42(28)33)22-7-11-24(35)12-8-22;1-15(2)22-23(25(34)32-16(3)5-14-21(32)26(35)36)37-27-31-28(4,18-8-12-20(30)13-9-18)24(33(22)27)17-6-10-19(29)11-7-17;1-9-3-2-8-5-6(9)4-7/h7-14,20-21,26-27,30H,6,15-19H2,1-5H3;6-13,15-16,21,24H,5,14H2,1-4H3,(H,35,36);6,8H,2-5H2,1H3/t21-,26-,27+,30-,34+;16-,21+,24-,28+;6-/m111/s1. The van der Waals surface area contributed by atoms with E-state index in [0.717, 1.165) is 70.0 Å². The summed E-state index contributed by atoms with van der Waals surface area (Å²) < 4.78 is 25.8. The van der Waals surface area contributed by atoms with Gasteiger partial charge in [-0.3, -0.25) is 24.2 Å². The Morgan fingerprint density at radius 2 is 0.989 bits per heavy atom. The van der Waals surface area contributed by atoms with Crippen LogP contribution in [0.3, 0.4) is 0 Å². The molecule has 4 saturated heterocycles. The van der Waals surface area contributed by atoms with E-state index in [-0.39, 0.29) is 72.5 Å². The number of likely N-dealkylation sites (N-methyl/N-ethyl adjacent to an activating group) is 2. The number of carbonyl (C=O) groups excluding carboxylic acids is 3. The molecule has 23 heteroatoms. The summed E-state index contributed by atoms with van der Waals surface area (Å²) in [7, 11) is 3.85. The Bertz CT molecular complexity index is 3490. The van der Waals surface area contributed by atoms with Gasteiger partial charge in [-0.1, -0.05) is 123 Å². The van der Waals surface area contributed by atoms with E-state index in [9.17, 15) is 33.1 Å². The number of carboxylic acids is 1. The average molecular weight is 1360 g/mol. The molecule has 12 rings (SSSR count). The number of hydrogen-bond acceptors (Lipinski definition) is 13. The van der Waals surface area contributed by atoms with Crippen LogP contribution < -0.4 is 5.32 Å². The maximum Gasteiger partial charge on any atom is 0.326 e. The topological polar surface area (TPSA) is 148 Å². The van der Waals surface area contributed by atoms with Crippen molar-refractivity contribution in [2.45, 2.75) is 140 Å². The van der Waals surface area contributed by atoms with Crippen molar-refractivity contribution in [3.8, 4) is 0 Å². The molecule has 4 fully saturated rings. The van der Waals surface area contributed by atoms with Crippen molar-refractivity contribution < 1.29 is 33.1 Å². The van der Waals surface area contributed by atoms with Crippen LogP contribution in [0, 0.1) is 11.8 Å². The van der Waals surface area contributed by atoms with E-state index in [1.807, 2.05) is 130 Å². The molecule has 0 radical (unpaired) electrons. The number of alkyl halides is 2. The molecule has 4 aromatic rings. The number of amidine groups is 2. The molecular formula is C68H82Cl4F2N10O5S2. The summed E-state index contributed by atoms with van der Waals surface area (Å²) in [5, 5.41) is 17.0. The first-order valence-electron chi connectivity index (χ1n) is 31.4. The van der Waals surface area contributed by atoms with Crippen LogP contribution in [-0.2, 0) is 30.3 Å². The summed E-state index contributed by atoms with van der Waals surface area (Å²) in [6.07, 6.45) is 2.47. The van der Waals surface area contributed by atoms with Crippen LogP contribution in [0.1, 0.15) is 115 Å². The number of aliphatic carboxylic acids is 1. The number of benzene rings is 4. The number of fused-ring (bicyclic) bond motifs is 2. The van der Waals surface area contributed by atoms with Crippen LogP contribution in [-0.4, -0.2) is 176 Å². The first-order valence-corrected chi connectivity index (χ1v) is 34.5. The lowest BCUT2D eigenvalue weighted by Gasteiger charge is -2.40. The lowest BCUT2D eigenvalue weighted by atomic mass is 9.81. The Morgan fingerprint density at radius 3 is 1.37 bits per heavy atom. The van der Waals surface area contributed by atoms with E-state index in [1.54, 1.807) is 14.7 Å². The number of halogens is 6. The highest BCUT2D eigenvalue weighted by Gasteiger charge is 2.57. The predicted octanol–water partition coefficient (Wildman–Crippen LogP) is 13.3. The van der Waals surface area contributed by atoms with E-state index in [1.165, 1.54) is 23.5 Å². The summed E-state index contributed by atoms with van der Waals surface area (Å²) >= 11 is 27.8. The zero-order chi connectivity index (χ0) is 65.5. The molecule has 91 heavy (non-hydrogen) atoms. The Labute approximate surface area is 562 Å². The molecule has 8 aliphatic heterocycles. The minimum absolute atomic E-state index is 0.00141. The van der Waals surface area contributed by atoms with E-state index in [2.05, 4.69) is 61.6 Å². The van der Waals surface area contributed by atoms with Crippen LogP contribution in [0.5, 0.6) is 0 Å². The molecule has 0 spiro atoms. The summed E-state index contributed by atoms with van der Waals surface area (Å²) in [4.78, 5) is 79.7. The maximum atomic E-state index is 14.6. The fraction of sp³-hybridized carbons (Fsp3) is 0.500. The molecule has 0 unspecified atom stereocenters. The van der Waals surface area contributed by atoms with Gasteiger partial charge in [0.15, 0.2) is 10.3 Å². The quantitative estimate of drug-likeness (QED) is 0.139. The fourth-order valence-electron chi connectivity index (χ4n) is 14.1. The molecular weight excluding hydrogens is 1280 g/mol. The molecule has 0 saturated carbocycles. The largest absolute Gasteiger partial charge is 0.480 e. The van der Waals surface area contributed by atoms with Crippen molar-refractivity contribution in [1.29, 1.82) is 0 Å². The van der Waals surface area contributed by atoms with Gasteiger partial charge in [-0.2, -0.15) is 0 Å². The van der Waals surface area contributed by atoms with Gasteiger partial charge < -0.3 is 34.9 Å². The number of aliphatic imine (C=N–C) groups is 2. The van der Waals surface area contributed by atoms with Gasteiger partial charge >= 0.3 is 5.97 Å². The molecule has 15 nitrogen and oxygen atoms in total. The number of nitrogens with zero attached hydrogens (tertiary/aromatic N) is 9. The van der Waals surface area contributed by atoms with Crippen LogP contribution in [0.25, 0.3) is 0 Å². The van der Waals surface area contributed by atoms with E-state index < -0.39 is 35.8 Å². The molecule has 10 atom stereocenters. The second kappa shape index (κ2) is 28.4. The van der Waals surface area contributed by atoms with Crippen molar-refractivity contribution in [1.82, 2.24) is 39.6 Å². The number of likely N-dealkylation sites (tertiary alicyclic amines) is 2.